The first-order valence-electron chi connectivity index (χ1n) is 10.7. The minimum atomic E-state index is -0.475. The van der Waals surface area contributed by atoms with Crippen molar-refractivity contribution in [2.24, 2.45) is 0 Å². The third-order valence-electron chi connectivity index (χ3n) is 6.30. The van der Waals surface area contributed by atoms with Crippen molar-refractivity contribution in [3.8, 4) is 0 Å². The highest BCUT2D eigenvalue weighted by Gasteiger charge is 2.30. The Hall–Kier alpha value is -1.89. The van der Waals surface area contributed by atoms with Gasteiger partial charge in [-0.15, -0.1) is 0 Å². The van der Waals surface area contributed by atoms with Crippen molar-refractivity contribution in [1.29, 1.82) is 0 Å². The average Bonchev–Trinajstić information content (AvgIpc) is 3.51. The molecule has 0 spiro atoms. The lowest BCUT2D eigenvalue weighted by molar-refractivity contribution is -0.132. The molecule has 2 heterocycles. The Labute approximate surface area is 181 Å². The Morgan fingerprint density at radius 1 is 1.10 bits per heavy atom. The largest absolute Gasteiger partial charge is 0.393 e. The second-order valence-corrected chi connectivity index (χ2v) is 9.00. The molecule has 6 heteroatoms. The molecular formula is C24H27ClN2O3. The van der Waals surface area contributed by atoms with Gasteiger partial charge in [-0.25, -0.2) is 5.48 Å². The van der Waals surface area contributed by atoms with Gasteiger partial charge in [-0.3, -0.25) is 0 Å². The summed E-state index contributed by atoms with van der Waals surface area (Å²) in [5, 5.41) is 21.2. The van der Waals surface area contributed by atoms with Gasteiger partial charge in [-0.2, -0.15) is 0 Å². The lowest BCUT2D eigenvalue weighted by atomic mass is 10.0. The Balaban J connectivity index is 1.48. The number of hydrogen-bond donors (Lipinski definition) is 3. The molecule has 1 saturated heterocycles. The number of hydrogen-bond acceptors (Lipinski definition) is 4. The van der Waals surface area contributed by atoms with E-state index in [1.54, 1.807) is 0 Å². The molecule has 2 fully saturated rings. The van der Waals surface area contributed by atoms with Crippen LogP contribution in [0.15, 0.2) is 48.7 Å². The van der Waals surface area contributed by atoms with Gasteiger partial charge in [-0.1, -0.05) is 41.9 Å². The molecule has 5 rings (SSSR count). The third-order valence-corrected chi connectivity index (χ3v) is 6.61. The Bertz CT molecular complexity index is 1030. The van der Waals surface area contributed by atoms with Crippen molar-refractivity contribution in [2.75, 3.05) is 6.54 Å². The molecule has 3 unspecified atom stereocenters. The topological polar surface area (TPSA) is 66.6 Å². The summed E-state index contributed by atoms with van der Waals surface area (Å²) < 4.78 is 8.27. The first kappa shape index (κ1) is 20.0. The van der Waals surface area contributed by atoms with E-state index < -0.39 is 6.10 Å². The molecule has 30 heavy (non-hydrogen) atoms. The number of aromatic nitrogens is 1. The molecule has 2 aliphatic rings. The van der Waals surface area contributed by atoms with Crippen LogP contribution in [0.1, 0.15) is 54.5 Å². The van der Waals surface area contributed by atoms with Gasteiger partial charge in [0.05, 0.1) is 22.7 Å². The van der Waals surface area contributed by atoms with Gasteiger partial charge in [0, 0.05) is 31.0 Å². The summed E-state index contributed by atoms with van der Waals surface area (Å²) in [5.74, 6) is 0.756. The molecule has 1 aliphatic heterocycles. The minimum absolute atomic E-state index is 0.251. The molecule has 1 aliphatic carbocycles. The highest BCUT2D eigenvalue weighted by atomic mass is 35.5. The first-order chi connectivity index (χ1) is 14.6. The number of ether oxygens (including phenoxy) is 1. The number of rotatable bonds is 6. The zero-order valence-electron chi connectivity index (χ0n) is 16.8. The van der Waals surface area contributed by atoms with Gasteiger partial charge < -0.3 is 19.6 Å². The molecule has 5 nitrogen and oxygen atoms in total. The molecular weight excluding hydrogens is 400 g/mol. The maximum atomic E-state index is 10.4. The SMILES string of the molecule is ONCC1CC(O)CC(n2cc(Cc3ccc(C4CC4)cc3)c3c(Cl)cccc32)O1. The van der Waals surface area contributed by atoms with Crippen LogP contribution in [-0.4, -0.2) is 33.6 Å². The summed E-state index contributed by atoms with van der Waals surface area (Å²) in [6.45, 7) is 0.285. The Morgan fingerprint density at radius 2 is 1.90 bits per heavy atom. The van der Waals surface area contributed by atoms with E-state index in [4.69, 9.17) is 21.5 Å². The van der Waals surface area contributed by atoms with E-state index in [-0.39, 0.29) is 18.9 Å². The van der Waals surface area contributed by atoms with Crippen molar-refractivity contribution in [2.45, 2.75) is 56.5 Å². The highest BCUT2D eigenvalue weighted by molar-refractivity contribution is 6.35. The lowest BCUT2D eigenvalue weighted by Crippen LogP contribution is -2.38. The zero-order chi connectivity index (χ0) is 20.7. The number of halogens is 1. The first-order valence-corrected chi connectivity index (χ1v) is 11.1. The number of nitrogens with zero attached hydrogens (tertiary/aromatic N) is 1. The maximum Gasteiger partial charge on any atom is 0.136 e. The van der Waals surface area contributed by atoms with E-state index in [0.717, 1.165) is 33.8 Å². The molecule has 0 amide bonds. The molecule has 158 valence electrons. The van der Waals surface area contributed by atoms with Crippen molar-refractivity contribution in [3.63, 3.8) is 0 Å². The van der Waals surface area contributed by atoms with Gasteiger partial charge in [0.2, 0.25) is 0 Å². The monoisotopic (exact) mass is 426 g/mol. The third kappa shape index (κ3) is 4.01. The van der Waals surface area contributed by atoms with Gasteiger partial charge in [0.1, 0.15) is 6.23 Å². The highest BCUT2D eigenvalue weighted by Crippen LogP contribution is 2.40. The van der Waals surface area contributed by atoms with Crippen molar-refractivity contribution < 1.29 is 15.1 Å². The van der Waals surface area contributed by atoms with Gasteiger partial charge in [0.25, 0.3) is 0 Å². The van der Waals surface area contributed by atoms with Crippen LogP contribution in [-0.2, 0) is 11.2 Å². The quantitative estimate of drug-likeness (QED) is 0.496. The predicted molar refractivity (Wildman–Crippen MR) is 117 cm³/mol. The second kappa shape index (κ2) is 8.33. The summed E-state index contributed by atoms with van der Waals surface area (Å²) in [7, 11) is 0. The summed E-state index contributed by atoms with van der Waals surface area (Å²) in [6.07, 6.45) is 5.49. The number of hydroxylamine groups is 1. The summed E-state index contributed by atoms with van der Waals surface area (Å²) in [4.78, 5) is 0. The maximum absolute atomic E-state index is 10.4. The molecule has 2 aromatic carbocycles. The lowest BCUT2D eigenvalue weighted by Gasteiger charge is -2.34. The van der Waals surface area contributed by atoms with E-state index in [2.05, 4.69) is 40.5 Å². The van der Waals surface area contributed by atoms with Gasteiger partial charge in [-0.05, 0) is 54.0 Å². The van der Waals surface area contributed by atoms with E-state index in [1.165, 1.54) is 24.0 Å². The minimum Gasteiger partial charge on any atom is -0.393 e. The molecule has 3 N–H and O–H groups in total. The fourth-order valence-electron chi connectivity index (χ4n) is 4.64. The van der Waals surface area contributed by atoms with Crippen LogP contribution in [0, 0.1) is 0 Å². The number of nitrogens with one attached hydrogen (secondary N) is 1. The Morgan fingerprint density at radius 3 is 2.63 bits per heavy atom. The van der Waals surface area contributed by atoms with E-state index in [0.29, 0.717) is 12.8 Å². The number of benzene rings is 2. The van der Waals surface area contributed by atoms with Crippen LogP contribution in [0.25, 0.3) is 10.9 Å². The van der Waals surface area contributed by atoms with Gasteiger partial charge >= 0.3 is 0 Å². The molecule has 0 radical (unpaired) electrons. The standard InChI is InChI=1S/C24H27ClN2O3/c25-21-2-1-3-22-24(21)18(10-15-4-6-16(7-5-15)17-8-9-17)14-27(22)23-12-19(28)11-20(30-23)13-26-29/h1-7,14,17,19-20,23,26,28-29H,8-13H2. The smallest absolute Gasteiger partial charge is 0.136 e. The number of fused-ring (bicyclic) bond motifs is 1. The fourth-order valence-corrected chi connectivity index (χ4v) is 4.93. The summed E-state index contributed by atoms with van der Waals surface area (Å²) >= 11 is 6.62. The van der Waals surface area contributed by atoms with Crippen LogP contribution >= 0.6 is 11.6 Å². The van der Waals surface area contributed by atoms with E-state index in [9.17, 15) is 5.11 Å². The van der Waals surface area contributed by atoms with Crippen LogP contribution < -0.4 is 5.48 Å². The number of aliphatic hydroxyl groups excluding tert-OH is 1. The molecule has 0 bridgehead atoms. The van der Waals surface area contributed by atoms with Crippen LogP contribution in [0.4, 0.5) is 0 Å². The van der Waals surface area contributed by atoms with E-state index >= 15 is 0 Å². The normalized spacial score (nSPS) is 24.4. The molecule has 3 atom stereocenters. The molecule has 1 aromatic heterocycles. The van der Waals surface area contributed by atoms with Crippen molar-refractivity contribution >= 4 is 22.5 Å². The second-order valence-electron chi connectivity index (χ2n) is 8.59. The van der Waals surface area contributed by atoms with Crippen LogP contribution in [0.2, 0.25) is 5.02 Å². The van der Waals surface area contributed by atoms with Crippen LogP contribution in [0.5, 0.6) is 0 Å². The van der Waals surface area contributed by atoms with Gasteiger partial charge in [0.15, 0.2) is 0 Å². The van der Waals surface area contributed by atoms with Crippen molar-refractivity contribution in [3.05, 3.63) is 70.4 Å². The van der Waals surface area contributed by atoms with Crippen molar-refractivity contribution in [1.82, 2.24) is 10.0 Å². The predicted octanol–water partition coefficient (Wildman–Crippen LogP) is 4.78. The van der Waals surface area contributed by atoms with Crippen LogP contribution in [0.3, 0.4) is 0 Å². The Kier molecular flexibility index (Phi) is 5.56. The number of aliphatic hydroxyl groups is 1. The zero-order valence-corrected chi connectivity index (χ0v) is 17.6. The fraction of sp³-hybridized carbons (Fsp3) is 0.417. The molecule has 1 saturated carbocycles. The van der Waals surface area contributed by atoms with E-state index in [1.807, 2.05) is 18.2 Å². The molecule has 3 aromatic rings. The summed E-state index contributed by atoms with van der Waals surface area (Å²) in [6, 6.07) is 14.9. The average molecular weight is 427 g/mol. The summed E-state index contributed by atoms with van der Waals surface area (Å²) in [5.41, 5.74) is 7.01.